The number of aromatic nitrogens is 2. The number of nitriles is 4. The molecule has 0 fully saturated rings. The van der Waals surface area contributed by atoms with E-state index in [-0.39, 0.29) is 24.7 Å². The van der Waals surface area contributed by atoms with E-state index in [2.05, 4.69) is 209 Å². The monoisotopic (exact) mass is 1400 g/mol. The van der Waals surface area contributed by atoms with Crippen LogP contribution in [0, 0.1) is 134 Å². The highest BCUT2D eigenvalue weighted by Crippen LogP contribution is 2.55. The summed E-state index contributed by atoms with van der Waals surface area (Å²) in [5.74, 6) is 0. The van der Waals surface area contributed by atoms with Gasteiger partial charge in [0.15, 0.2) is 5.58 Å². The molecule has 107 heavy (non-hydrogen) atoms. The van der Waals surface area contributed by atoms with Gasteiger partial charge in [0.2, 0.25) is 34.2 Å². The van der Waals surface area contributed by atoms with E-state index in [9.17, 15) is 21.0 Å². The van der Waals surface area contributed by atoms with Gasteiger partial charge in [-0.05, 0) is 195 Å². The van der Waals surface area contributed by atoms with Crippen molar-refractivity contribution < 1.29 is 8.83 Å². The van der Waals surface area contributed by atoms with Crippen molar-refractivity contribution in [2.24, 2.45) is 0 Å². The molecule has 0 aliphatic carbocycles. The fraction of sp³-hybridized carbons (Fsp3) is 0.241. The van der Waals surface area contributed by atoms with Gasteiger partial charge in [-0.1, -0.05) is 54.6 Å². The molecule has 4 aromatic heterocycles. The van der Waals surface area contributed by atoms with E-state index in [4.69, 9.17) is 35.1 Å². The van der Waals surface area contributed by atoms with E-state index >= 15 is 0 Å². The van der Waals surface area contributed by atoms with E-state index < -0.39 is 0 Å². The number of anilines is 12. The standard InChI is InChI=1S/2C23H17N5O.C21H22N4.C20H20N4/c1-13-7-8-15-16-6-5-11-26-23(16)29-22(15)20(13)28-14(2)27(4)21-17(12-24)18(25-3)9-10-19(21)28;1-13-10-16-15-6-5-9-26-23(15)29-21(16)11-20(13)28-14(2)27(4)22-17(12-24)18(25-3)7-8-19(22)28;1-12-10-13(2)20(15(4)14(12)3)25-16(5)24(7)21-17(11-22)18(23-6)8-9-19(21)25;1-12-7-8-13(2)19(14(12)3)24-15(4)23(6)20-16(11-21)17(22-5)9-10-18(20)24/h2*5-11,14H,1-2,4H3;8-10,16H,1-5,7H3;7-10,15H,1-4,6H3/t2*14-;16-;15-/m0000/s1. The molecule has 0 bridgehead atoms. The normalized spacial score (nSPS) is 15.7. The summed E-state index contributed by atoms with van der Waals surface area (Å²) in [5, 5.41) is 42.7. The third kappa shape index (κ3) is 11.2. The molecule has 0 amide bonds. The number of pyridine rings is 2. The fourth-order valence-electron chi connectivity index (χ4n) is 15.8. The Morgan fingerprint density at radius 1 is 0.346 bits per heavy atom. The minimum absolute atomic E-state index is 0.0169. The first-order valence-corrected chi connectivity index (χ1v) is 34.9. The molecule has 8 heterocycles. The van der Waals surface area contributed by atoms with E-state index in [0.717, 1.165) is 101 Å². The lowest BCUT2D eigenvalue weighted by atomic mass is 9.97. The molecule has 0 spiro atoms. The molecule has 0 saturated heterocycles. The molecule has 4 aliphatic rings. The number of hydrogen-bond acceptors (Lipinski definition) is 16. The minimum Gasteiger partial charge on any atom is -0.438 e. The second kappa shape index (κ2) is 27.6. The van der Waals surface area contributed by atoms with Crippen LogP contribution in [0.15, 0.2) is 136 Å². The van der Waals surface area contributed by atoms with Crippen molar-refractivity contribution in [1.82, 2.24) is 9.97 Å². The second-order valence-electron chi connectivity index (χ2n) is 27.6. The molecule has 8 aromatic carbocycles. The first-order valence-electron chi connectivity index (χ1n) is 34.9. The van der Waals surface area contributed by atoms with Crippen molar-refractivity contribution in [1.29, 1.82) is 21.0 Å². The maximum absolute atomic E-state index is 9.73. The molecule has 16 rings (SSSR count). The maximum atomic E-state index is 9.73. The smallest absolute Gasteiger partial charge is 0.227 e. The van der Waals surface area contributed by atoms with Crippen molar-refractivity contribution in [3.63, 3.8) is 0 Å². The molecule has 20 nitrogen and oxygen atoms in total. The van der Waals surface area contributed by atoms with Gasteiger partial charge in [0.25, 0.3) is 0 Å². The Labute approximate surface area is 623 Å². The van der Waals surface area contributed by atoms with Gasteiger partial charge in [-0.25, -0.2) is 29.3 Å². The topological polar surface area (TPSA) is 191 Å². The van der Waals surface area contributed by atoms with Crippen LogP contribution < -0.4 is 39.2 Å². The molecule has 20 heteroatoms. The SMILES string of the molecule is [C-]#[N+]c1ccc2c(c1C#N)N(C)[C@H](C)N2c1c(C)cc(C)c(C)c1C.[C-]#[N+]c1ccc2c(c1C#N)N(C)[C@H](C)N2c1c(C)ccc(C)c1C.[C-]#[N+]c1ccc2c(c1C#N)N(C)[C@H](C)N2c1c(C)ccc2c1oc1ncccc12.[C-]#[N+]c1ccc2c(c1C#N)N(C)[C@H](C)N2c1cc2oc3ncccc3c2cc1C. The molecule has 4 atom stereocenters. The van der Waals surface area contributed by atoms with E-state index in [1.54, 1.807) is 36.7 Å². The Morgan fingerprint density at radius 2 is 0.720 bits per heavy atom. The van der Waals surface area contributed by atoms with E-state index in [1.807, 2.05) is 92.6 Å². The van der Waals surface area contributed by atoms with Crippen LogP contribution in [0.3, 0.4) is 0 Å². The highest BCUT2D eigenvalue weighted by atomic mass is 16.3. The van der Waals surface area contributed by atoms with Gasteiger partial charge in [0.05, 0.1) is 124 Å². The van der Waals surface area contributed by atoms with Gasteiger partial charge in [-0.15, -0.1) is 0 Å². The summed E-state index contributed by atoms with van der Waals surface area (Å²) < 4.78 is 12.2. The van der Waals surface area contributed by atoms with Crippen LogP contribution in [0.2, 0.25) is 0 Å². The third-order valence-electron chi connectivity index (χ3n) is 22.0. The highest BCUT2D eigenvalue weighted by molar-refractivity contribution is 6.11. The first kappa shape index (κ1) is 71.4. The first-order chi connectivity index (χ1) is 51.4. The van der Waals surface area contributed by atoms with Crippen LogP contribution in [0.25, 0.3) is 63.5 Å². The fourth-order valence-corrected chi connectivity index (χ4v) is 15.8. The maximum Gasteiger partial charge on any atom is 0.227 e. The minimum atomic E-state index is -0.0523. The number of rotatable bonds is 4. The molecular weight excluding hydrogens is 1330 g/mol. The third-order valence-corrected chi connectivity index (χ3v) is 22.0. The average molecular weight is 1410 g/mol. The van der Waals surface area contributed by atoms with Gasteiger partial charge in [0.1, 0.15) is 30.2 Å². The van der Waals surface area contributed by atoms with Gasteiger partial charge in [-0.3, -0.25) is 0 Å². The van der Waals surface area contributed by atoms with Crippen LogP contribution >= 0.6 is 0 Å². The zero-order chi connectivity index (χ0) is 76.6. The molecule has 12 aromatic rings. The Morgan fingerprint density at radius 3 is 1.16 bits per heavy atom. The Hall–Kier alpha value is -14.0. The zero-order valence-corrected chi connectivity index (χ0v) is 62.8. The number of fused-ring (bicyclic) bond motifs is 10. The molecule has 0 unspecified atom stereocenters. The molecule has 0 N–H and O–H groups in total. The molecule has 4 aliphatic heterocycles. The van der Waals surface area contributed by atoms with Crippen LogP contribution in [0.4, 0.5) is 91.0 Å². The van der Waals surface area contributed by atoms with Crippen LogP contribution in [-0.4, -0.2) is 62.8 Å². The summed E-state index contributed by atoms with van der Waals surface area (Å²) in [4.78, 5) is 40.0. The summed E-state index contributed by atoms with van der Waals surface area (Å²) in [7, 11) is 7.88. The molecule has 0 radical (unpaired) electrons. The number of nitrogens with zero attached hydrogens (tertiary/aromatic N) is 18. The predicted molar refractivity (Wildman–Crippen MR) is 428 cm³/mol. The summed E-state index contributed by atoms with van der Waals surface area (Å²) in [5.41, 5.74) is 28.5. The van der Waals surface area contributed by atoms with Crippen molar-refractivity contribution >= 4 is 135 Å². The summed E-state index contributed by atoms with van der Waals surface area (Å²) in [6.45, 7) is 57.0. The summed E-state index contributed by atoms with van der Waals surface area (Å²) in [6.07, 6.45) is 3.53. The van der Waals surface area contributed by atoms with Gasteiger partial charge >= 0.3 is 0 Å². The zero-order valence-electron chi connectivity index (χ0n) is 62.8. The van der Waals surface area contributed by atoms with Crippen molar-refractivity contribution in [2.75, 3.05) is 67.4 Å². The number of hydrogen-bond donors (Lipinski definition) is 0. The summed E-state index contributed by atoms with van der Waals surface area (Å²) in [6, 6.07) is 46.3. The Bertz CT molecular complexity index is 6120. The quantitative estimate of drug-likeness (QED) is 0.151. The van der Waals surface area contributed by atoms with Crippen LogP contribution in [-0.2, 0) is 0 Å². The van der Waals surface area contributed by atoms with E-state index in [0.29, 0.717) is 56.4 Å². The largest absolute Gasteiger partial charge is 0.438 e. The lowest BCUT2D eigenvalue weighted by Crippen LogP contribution is -2.36. The highest BCUT2D eigenvalue weighted by Gasteiger charge is 2.41. The van der Waals surface area contributed by atoms with Crippen molar-refractivity contribution in [2.45, 2.75) is 115 Å². The molecule has 526 valence electrons. The Kier molecular flexibility index (Phi) is 18.4. The summed E-state index contributed by atoms with van der Waals surface area (Å²) >= 11 is 0. The average Bonchev–Trinajstić information content (AvgIpc) is 1.59. The van der Waals surface area contributed by atoms with E-state index in [1.165, 1.54) is 50.3 Å². The van der Waals surface area contributed by atoms with Gasteiger partial charge in [0, 0.05) is 85.3 Å². The lowest BCUT2D eigenvalue weighted by Gasteiger charge is -2.31. The van der Waals surface area contributed by atoms with Crippen LogP contribution in [0.5, 0.6) is 0 Å². The number of furan rings is 2. The lowest BCUT2D eigenvalue weighted by molar-refractivity contribution is 0.648. The second-order valence-corrected chi connectivity index (χ2v) is 27.6. The van der Waals surface area contributed by atoms with Crippen molar-refractivity contribution in [3.8, 4) is 24.3 Å². The van der Waals surface area contributed by atoms with Gasteiger partial charge in [-0.2, -0.15) is 21.0 Å². The number of benzene rings is 8. The van der Waals surface area contributed by atoms with Crippen LogP contribution in [0.1, 0.15) is 100 Å². The van der Waals surface area contributed by atoms with Gasteiger partial charge < -0.3 is 48.0 Å². The number of aryl methyl sites for hydroxylation is 6. The molecule has 0 saturated carbocycles. The van der Waals surface area contributed by atoms with Crippen molar-refractivity contribution in [3.05, 3.63) is 246 Å². The predicted octanol–water partition coefficient (Wildman–Crippen LogP) is 21.5. The molecular formula is C87H76N18O2. The Balaban J connectivity index is 0.000000127.